The van der Waals surface area contributed by atoms with Crippen LogP contribution < -0.4 is 5.32 Å². The summed E-state index contributed by atoms with van der Waals surface area (Å²) in [6.45, 7) is 12.4. The van der Waals surface area contributed by atoms with Gasteiger partial charge in [0, 0.05) is 12.7 Å². The molecule has 21 heavy (non-hydrogen) atoms. The Bertz CT molecular complexity index is 410. The first kappa shape index (κ1) is 16.5. The molecule has 3 unspecified atom stereocenters. The van der Waals surface area contributed by atoms with Crippen molar-refractivity contribution >= 4 is 0 Å². The molecule has 3 heteroatoms. The van der Waals surface area contributed by atoms with Gasteiger partial charge in [0.15, 0.2) is 0 Å². The quantitative estimate of drug-likeness (QED) is 0.829. The third-order valence-corrected chi connectivity index (χ3v) is 5.29. The summed E-state index contributed by atoms with van der Waals surface area (Å²) in [6.07, 6.45) is 9.72. The first-order valence-corrected chi connectivity index (χ1v) is 8.86. The van der Waals surface area contributed by atoms with Crippen molar-refractivity contribution in [3.05, 3.63) is 18.0 Å². The lowest BCUT2D eigenvalue weighted by molar-refractivity contribution is 0.145. The summed E-state index contributed by atoms with van der Waals surface area (Å²) in [5.74, 6) is 3.39. The van der Waals surface area contributed by atoms with Crippen molar-refractivity contribution in [3.63, 3.8) is 0 Å². The minimum absolute atomic E-state index is 0.819. The van der Waals surface area contributed by atoms with Crippen LogP contribution in [0.25, 0.3) is 0 Å². The summed E-state index contributed by atoms with van der Waals surface area (Å²) >= 11 is 0. The van der Waals surface area contributed by atoms with E-state index in [9.17, 15) is 0 Å². The number of hydrogen-bond donors (Lipinski definition) is 1. The second-order valence-electron chi connectivity index (χ2n) is 7.05. The SMILES string of the molecule is CCNCC1CCC(C(C)C)CC1Cc1cnn(CC)c1. The Morgan fingerprint density at radius 1 is 1.29 bits per heavy atom. The number of nitrogens with one attached hydrogen (secondary N) is 1. The number of nitrogens with zero attached hydrogens (tertiary/aromatic N) is 2. The molecule has 1 saturated carbocycles. The molecular formula is C18H33N3. The molecule has 2 rings (SSSR count). The largest absolute Gasteiger partial charge is 0.317 e. The van der Waals surface area contributed by atoms with E-state index in [0.717, 1.165) is 36.8 Å². The van der Waals surface area contributed by atoms with Crippen LogP contribution in [0.2, 0.25) is 0 Å². The van der Waals surface area contributed by atoms with Crippen LogP contribution in [0.15, 0.2) is 12.4 Å². The third kappa shape index (κ3) is 4.57. The summed E-state index contributed by atoms with van der Waals surface area (Å²) in [7, 11) is 0. The Morgan fingerprint density at radius 2 is 2.10 bits per heavy atom. The zero-order valence-electron chi connectivity index (χ0n) is 14.3. The highest BCUT2D eigenvalue weighted by atomic mass is 15.3. The van der Waals surface area contributed by atoms with Crippen LogP contribution in [0.1, 0.15) is 52.5 Å². The van der Waals surface area contributed by atoms with Crippen LogP contribution in [0, 0.1) is 23.7 Å². The van der Waals surface area contributed by atoms with Crippen molar-refractivity contribution in [3.8, 4) is 0 Å². The van der Waals surface area contributed by atoms with Crippen LogP contribution in [-0.4, -0.2) is 22.9 Å². The lowest BCUT2D eigenvalue weighted by Crippen LogP contribution is -2.35. The Balaban J connectivity index is 2.01. The molecule has 0 radical (unpaired) electrons. The van der Waals surface area contributed by atoms with Gasteiger partial charge in [0.1, 0.15) is 0 Å². The molecule has 1 N–H and O–H groups in total. The van der Waals surface area contributed by atoms with Gasteiger partial charge in [-0.15, -0.1) is 0 Å². The smallest absolute Gasteiger partial charge is 0.0521 e. The standard InChI is InChI=1S/C18H33N3/c1-5-19-12-17-8-7-16(14(3)4)10-18(17)9-15-11-20-21(6-2)13-15/h11,13-14,16-19H,5-10,12H2,1-4H3. The predicted molar refractivity (Wildman–Crippen MR) is 89.3 cm³/mol. The highest BCUT2D eigenvalue weighted by Crippen LogP contribution is 2.38. The fraction of sp³-hybridized carbons (Fsp3) is 0.833. The maximum atomic E-state index is 4.44. The van der Waals surface area contributed by atoms with Gasteiger partial charge in [-0.25, -0.2) is 0 Å². The average Bonchev–Trinajstić information content (AvgIpc) is 2.93. The van der Waals surface area contributed by atoms with Crippen LogP contribution in [0.5, 0.6) is 0 Å². The van der Waals surface area contributed by atoms with E-state index >= 15 is 0 Å². The van der Waals surface area contributed by atoms with Crippen molar-refractivity contribution in [2.75, 3.05) is 13.1 Å². The van der Waals surface area contributed by atoms with Gasteiger partial charge in [-0.1, -0.05) is 20.8 Å². The molecular weight excluding hydrogens is 258 g/mol. The summed E-state index contributed by atoms with van der Waals surface area (Å²) in [5.41, 5.74) is 1.42. The third-order valence-electron chi connectivity index (χ3n) is 5.29. The molecule has 3 atom stereocenters. The van der Waals surface area contributed by atoms with Gasteiger partial charge in [0.2, 0.25) is 0 Å². The average molecular weight is 291 g/mol. The summed E-state index contributed by atoms with van der Waals surface area (Å²) in [4.78, 5) is 0. The van der Waals surface area contributed by atoms with E-state index in [-0.39, 0.29) is 0 Å². The lowest BCUT2D eigenvalue weighted by atomic mass is 9.69. The molecule has 1 heterocycles. The van der Waals surface area contributed by atoms with E-state index in [1.54, 1.807) is 0 Å². The summed E-state index contributed by atoms with van der Waals surface area (Å²) in [6, 6.07) is 0. The Kier molecular flexibility index (Phi) is 6.28. The van der Waals surface area contributed by atoms with E-state index in [1.807, 2.05) is 0 Å². The van der Waals surface area contributed by atoms with E-state index in [4.69, 9.17) is 0 Å². The Labute approximate surface area is 130 Å². The first-order chi connectivity index (χ1) is 10.1. The molecule has 0 saturated heterocycles. The lowest BCUT2D eigenvalue weighted by Gasteiger charge is -2.38. The maximum Gasteiger partial charge on any atom is 0.0521 e. The zero-order valence-corrected chi connectivity index (χ0v) is 14.3. The second kappa shape index (κ2) is 7.98. The van der Waals surface area contributed by atoms with Gasteiger partial charge in [-0.05, 0) is 74.9 Å². The summed E-state index contributed by atoms with van der Waals surface area (Å²) in [5, 5.41) is 8.02. The second-order valence-corrected chi connectivity index (χ2v) is 7.05. The van der Waals surface area contributed by atoms with Gasteiger partial charge in [-0.3, -0.25) is 4.68 Å². The topological polar surface area (TPSA) is 29.9 Å². The Hall–Kier alpha value is -0.830. The van der Waals surface area contributed by atoms with Gasteiger partial charge in [0.05, 0.1) is 6.20 Å². The molecule has 120 valence electrons. The minimum atomic E-state index is 0.819. The molecule has 0 amide bonds. The zero-order chi connectivity index (χ0) is 15.2. The molecule has 3 nitrogen and oxygen atoms in total. The van der Waals surface area contributed by atoms with Gasteiger partial charge in [0.25, 0.3) is 0 Å². The van der Waals surface area contributed by atoms with Crippen LogP contribution in [-0.2, 0) is 13.0 Å². The van der Waals surface area contributed by atoms with Crippen molar-refractivity contribution < 1.29 is 0 Å². The van der Waals surface area contributed by atoms with Gasteiger partial charge < -0.3 is 5.32 Å². The van der Waals surface area contributed by atoms with Crippen molar-refractivity contribution in [2.45, 2.75) is 59.9 Å². The highest BCUT2D eigenvalue weighted by molar-refractivity contribution is 5.06. The number of aryl methyl sites for hydroxylation is 1. The molecule has 1 aliphatic carbocycles. The number of hydrogen-bond acceptors (Lipinski definition) is 2. The molecule has 1 aromatic heterocycles. The fourth-order valence-electron chi connectivity index (χ4n) is 3.80. The minimum Gasteiger partial charge on any atom is -0.317 e. The van der Waals surface area contributed by atoms with Gasteiger partial charge in [-0.2, -0.15) is 5.10 Å². The monoisotopic (exact) mass is 291 g/mol. The van der Waals surface area contributed by atoms with Crippen molar-refractivity contribution in [1.82, 2.24) is 15.1 Å². The highest BCUT2D eigenvalue weighted by Gasteiger charge is 2.31. The normalized spacial score (nSPS) is 26.4. The van der Waals surface area contributed by atoms with Crippen LogP contribution in [0.4, 0.5) is 0 Å². The van der Waals surface area contributed by atoms with E-state index in [0.29, 0.717) is 0 Å². The van der Waals surface area contributed by atoms with Gasteiger partial charge >= 0.3 is 0 Å². The van der Waals surface area contributed by atoms with E-state index in [1.165, 1.54) is 37.8 Å². The summed E-state index contributed by atoms with van der Waals surface area (Å²) < 4.78 is 2.05. The molecule has 0 bridgehead atoms. The molecule has 1 aromatic rings. The molecule has 0 aliphatic heterocycles. The maximum absolute atomic E-state index is 4.44. The fourth-order valence-corrected chi connectivity index (χ4v) is 3.80. The molecule has 0 aromatic carbocycles. The number of rotatable bonds is 7. The predicted octanol–water partition coefficient (Wildman–Crippen LogP) is 3.74. The van der Waals surface area contributed by atoms with E-state index < -0.39 is 0 Å². The molecule has 0 spiro atoms. The van der Waals surface area contributed by atoms with Crippen LogP contribution in [0.3, 0.4) is 0 Å². The number of aromatic nitrogens is 2. The van der Waals surface area contributed by atoms with Crippen molar-refractivity contribution in [2.24, 2.45) is 23.7 Å². The first-order valence-electron chi connectivity index (χ1n) is 8.86. The Morgan fingerprint density at radius 3 is 2.71 bits per heavy atom. The van der Waals surface area contributed by atoms with E-state index in [2.05, 4.69) is 55.2 Å². The molecule has 1 aliphatic rings. The van der Waals surface area contributed by atoms with Crippen molar-refractivity contribution in [1.29, 1.82) is 0 Å². The molecule has 1 fully saturated rings. The van der Waals surface area contributed by atoms with Crippen LogP contribution >= 0.6 is 0 Å².